The molecule has 0 unspecified atom stereocenters. The van der Waals surface area contributed by atoms with E-state index < -0.39 is 6.09 Å². The predicted molar refractivity (Wildman–Crippen MR) is 171 cm³/mol. The van der Waals surface area contributed by atoms with Gasteiger partial charge < -0.3 is 15.0 Å². The summed E-state index contributed by atoms with van der Waals surface area (Å²) in [5, 5.41) is 22.7. The highest BCUT2D eigenvalue weighted by Crippen LogP contribution is 1.99. The summed E-state index contributed by atoms with van der Waals surface area (Å²) in [4.78, 5) is 25.0. The summed E-state index contributed by atoms with van der Waals surface area (Å²) in [6.45, 7) is 2.96. The van der Waals surface area contributed by atoms with Crippen LogP contribution in [0.15, 0.2) is 72.9 Å². The molecule has 0 aliphatic rings. The zero-order valence-electron chi connectivity index (χ0n) is 25.3. The lowest BCUT2D eigenvalue weighted by Crippen LogP contribution is -2.47. The molecule has 0 aromatic rings. The zero-order chi connectivity index (χ0) is 30.4. The van der Waals surface area contributed by atoms with Crippen molar-refractivity contribution in [1.29, 1.82) is 10.8 Å². The molecule has 228 valence electrons. The first-order valence-electron chi connectivity index (χ1n) is 14.6. The number of nitrogens with zero attached hydrogens (tertiary/aromatic N) is 1. The number of carbonyl (C=O) groups is 2. The van der Waals surface area contributed by atoms with Crippen molar-refractivity contribution in [3.05, 3.63) is 72.9 Å². The Morgan fingerprint density at radius 2 is 1.22 bits per heavy atom. The molecule has 0 bridgehead atoms. The number of hydrogen-bond acceptors (Lipinski definition) is 5. The molecule has 2 amide bonds. The van der Waals surface area contributed by atoms with Crippen molar-refractivity contribution >= 4 is 23.9 Å². The third-order valence-corrected chi connectivity index (χ3v) is 5.43. The van der Waals surface area contributed by atoms with Crippen LogP contribution in [0, 0.1) is 10.8 Å². The highest BCUT2D eigenvalue weighted by atomic mass is 16.5. The normalized spacial score (nSPS) is 11.9. The van der Waals surface area contributed by atoms with Gasteiger partial charge in [-0.15, -0.1) is 0 Å². The lowest BCUT2D eigenvalue weighted by Gasteiger charge is -2.15. The maximum Gasteiger partial charge on any atom is 0.413 e. The Balaban J connectivity index is 3.63. The average molecular weight is 569 g/mol. The number of ether oxygens (including phenoxy) is 1. The summed E-state index contributed by atoms with van der Waals surface area (Å²) >= 11 is 0. The molecule has 0 radical (unpaired) electrons. The van der Waals surface area contributed by atoms with Gasteiger partial charge in [-0.1, -0.05) is 79.8 Å². The quantitative estimate of drug-likeness (QED) is 0.0495. The summed E-state index contributed by atoms with van der Waals surface area (Å²) in [5.41, 5.74) is 0. The van der Waals surface area contributed by atoms with Gasteiger partial charge >= 0.3 is 6.09 Å². The molecule has 0 aliphatic heterocycles. The van der Waals surface area contributed by atoms with Gasteiger partial charge in [0, 0.05) is 27.1 Å². The first-order chi connectivity index (χ1) is 19.9. The van der Waals surface area contributed by atoms with Crippen molar-refractivity contribution in [3.8, 4) is 0 Å². The molecule has 0 atom stereocenters. The van der Waals surface area contributed by atoms with Crippen LogP contribution in [0.25, 0.3) is 0 Å². The van der Waals surface area contributed by atoms with E-state index in [9.17, 15) is 9.59 Å². The Morgan fingerprint density at radius 1 is 0.707 bits per heavy atom. The van der Waals surface area contributed by atoms with E-state index >= 15 is 0 Å². The van der Waals surface area contributed by atoms with Crippen molar-refractivity contribution in [1.82, 2.24) is 20.9 Å². The molecule has 0 spiro atoms. The second-order valence-electron chi connectivity index (χ2n) is 9.37. The number of rotatable bonds is 20. The van der Waals surface area contributed by atoms with Crippen molar-refractivity contribution < 1.29 is 14.3 Å². The fourth-order valence-corrected chi connectivity index (χ4v) is 3.14. The van der Waals surface area contributed by atoms with Crippen LogP contribution in [0.3, 0.4) is 0 Å². The molecular formula is C32H52N6O3. The van der Waals surface area contributed by atoms with Crippen LogP contribution in [0.4, 0.5) is 4.79 Å². The van der Waals surface area contributed by atoms with Gasteiger partial charge in [-0.05, 0) is 64.2 Å². The smallest absolute Gasteiger partial charge is 0.413 e. The van der Waals surface area contributed by atoms with Gasteiger partial charge in [-0.2, -0.15) is 0 Å². The van der Waals surface area contributed by atoms with Crippen LogP contribution in [0.5, 0.6) is 0 Å². The molecule has 9 heteroatoms. The summed E-state index contributed by atoms with van der Waals surface area (Å²) in [7, 11) is 3.30. The molecule has 5 N–H and O–H groups in total. The molecule has 0 saturated heterocycles. The van der Waals surface area contributed by atoms with E-state index in [1.165, 1.54) is 4.90 Å². The van der Waals surface area contributed by atoms with E-state index in [2.05, 4.69) is 89.7 Å². The predicted octanol–water partition coefficient (Wildman–Crippen LogP) is 6.50. The average Bonchev–Trinajstić information content (AvgIpc) is 2.93. The second kappa shape index (κ2) is 27.7. The minimum absolute atomic E-state index is 0.0188. The first kappa shape index (κ1) is 37.1. The Labute approximate surface area is 247 Å². The van der Waals surface area contributed by atoms with E-state index in [1.807, 2.05) is 6.08 Å². The molecule has 0 aromatic heterocycles. The molecule has 41 heavy (non-hydrogen) atoms. The number of nitrogens with one attached hydrogen (secondary N) is 5. The van der Waals surface area contributed by atoms with Crippen LogP contribution in [0.1, 0.15) is 77.6 Å². The van der Waals surface area contributed by atoms with E-state index in [0.717, 1.165) is 57.8 Å². The molecular weight excluding hydrogens is 516 g/mol. The molecule has 0 aromatic carbocycles. The van der Waals surface area contributed by atoms with Gasteiger partial charge in [-0.25, -0.2) is 4.79 Å². The molecule has 0 rings (SSSR count). The zero-order valence-corrected chi connectivity index (χ0v) is 25.3. The second-order valence-corrected chi connectivity index (χ2v) is 9.37. The molecule has 0 aliphatic carbocycles. The van der Waals surface area contributed by atoms with Crippen molar-refractivity contribution in [2.75, 3.05) is 27.2 Å². The lowest BCUT2D eigenvalue weighted by molar-refractivity contribution is -0.121. The molecule has 0 saturated carbocycles. The van der Waals surface area contributed by atoms with Crippen LogP contribution >= 0.6 is 0 Å². The van der Waals surface area contributed by atoms with Crippen molar-refractivity contribution in [3.63, 3.8) is 0 Å². The van der Waals surface area contributed by atoms with Gasteiger partial charge in [-0.3, -0.25) is 26.2 Å². The van der Waals surface area contributed by atoms with Gasteiger partial charge in [0.1, 0.15) is 0 Å². The van der Waals surface area contributed by atoms with Gasteiger partial charge in [0.25, 0.3) is 0 Å². The highest BCUT2D eigenvalue weighted by Gasteiger charge is 2.08. The maximum absolute atomic E-state index is 11.9. The number of alkyl carbamates (subject to hydrolysis) is 1. The summed E-state index contributed by atoms with van der Waals surface area (Å²) < 4.78 is 5.01. The third-order valence-electron chi connectivity index (χ3n) is 5.43. The number of unbranched alkanes of at least 4 members (excludes halogenated alkanes) is 2. The molecule has 0 fully saturated rings. The molecule has 9 nitrogen and oxygen atoms in total. The van der Waals surface area contributed by atoms with E-state index in [0.29, 0.717) is 19.4 Å². The van der Waals surface area contributed by atoms with E-state index in [1.54, 1.807) is 14.1 Å². The fourth-order valence-electron chi connectivity index (χ4n) is 3.14. The number of amides is 2. The topological polar surface area (TPSA) is 130 Å². The Bertz CT molecular complexity index is 916. The Morgan fingerprint density at radius 3 is 1.73 bits per heavy atom. The van der Waals surface area contributed by atoms with Crippen molar-refractivity contribution in [2.45, 2.75) is 77.6 Å². The van der Waals surface area contributed by atoms with E-state index in [-0.39, 0.29) is 24.4 Å². The molecule has 0 heterocycles. The number of allylic oxidation sites excluding steroid dienone is 12. The van der Waals surface area contributed by atoms with Crippen LogP contribution in [0.2, 0.25) is 0 Å². The van der Waals surface area contributed by atoms with Gasteiger partial charge in [0.2, 0.25) is 11.9 Å². The summed E-state index contributed by atoms with van der Waals surface area (Å²) in [6.07, 6.45) is 34.5. The first-order valence-corrected chi connectivity index (χ1v) is 14.6. The Hall–Kier alpha value is -3.88. The lowest BCUT2D eigenvalue weighted by atomic mass is 10.2. The van der Waals surface area contributed by atoms with Crippen molar-refractivity contribution in [2.24, 2.45) is 0 Å². The summed E-state index contributed by atoms with van der Waals surface area (Å²) in [6, 6.07) is 0. The minimum atomic E-state index is -0.739. The Kier molecular flexibility index (Phi) is 25.1. The maximum atomic E-state index is 11.9. The van der Waals surface area contributed by atoms with Crippen LogP contribution in [-0.4, -0.2) is 56.1 Å². The highest BCUT2D eigenvalue weighted by molar-refractivity contribution is 6.01. The number of carbonyl (C=O) groups excluding carboxylic acids is 2. The SMILES string of the molecule is CC/C=C\C/C=C\C/C=C\C/C=C\C/C=C\C/C=C\CCC(=O)NCCCCCOC(=O)NC(=N)NC(=N)N(C)C. The monoisotopic (exact) mass is 568 g/mol. The summed E-state index contributed by atoms with van der Waals surface area (Å²) in [5.74, 6) is -0.301. The van der Waals surface area contributed by atoms with Crippen LogP contribution in [-0.2, 0) is 9.53 Å². The fraction of sp³-hybridized carbons (Fsp3) is 0.500. The van der Waals surface area contributed by atoms with E-state index in [4.69, 9.17) is 15.6 Å². The van der Waals surface area contributed by atoms with Gasteiger partial charge in [0.05, 0.1) is 6.61 Å². The number of guanidine groups is 2. The van der Waals surface area contributed by atoms with Gasteiger partial charge in [0.15, 0.2) is 5.96 Å². The van der Waals surface area contributed by atoms with Crippen LogP contribution < -0.4 is 16.0 Å². The standard InChI is InChI=1S/C32H52N6O3/c1-4-5-6-7-8-9-10-11-12-13-14-15-16-17-18-19-20-21-23-26-29(39)35-27-24-22-25-28-41-32(40)37-30(33)36-31(34)38(2)3/h5-6,8-9,11-12,14-15,17-18,20-21H,4,7,10,13,16,19,22-28H2,1-3H3,(H,35,39)(H4,33,34,36,37,40)/b6-5-,9-8-,12-11-,15-14-,18-17-,21-20-. The largest absolute Gasteiger partial charge is 0.449 e. The third kappa shape index (κ3) is 27.5. The number of hydrogen-bond donors (Lipinski definition) is 5. The minimum Gasteiger partial charge on any atom is -0.449 e.